The molecule has 3 rings (SSSR count). The molecule has 0 amide bonds. The number of aromatic carboxylic acids is 1. The van der Waals surface area contributed by atoms with Crippen molar-refractivity contribution < 1.29 is 9.90 Å². The Morgan fingerprint density at radius 2 is 2.11 bits per heavy atom. The van der Waals surface area contributed by atoms with Gasteiger partial charge in [0.05, 0.1) is 20.7 Å². The summed E-state index contributed by atoms with van der Waals surface area (Å²) in [7, 11) is 0. The van der Waals surface area contributed by atoms with Crippen molar-refractivity contribution in [2.24, 2.45) is 0 Å². The van der Waals surface area contributed by atoms with E-state index in [9.17, 15) is 4.79 Å². The zero-order chi connectivity index (χ0) is 13.4. The quantitative estimate of drug-likeness (QED) is 0.782. The predicted octanol–water partition coefficient (Wildman–Crippen LogP) is 4.29. The zero-order valence-electron chi connectivity index (χ0n) is 10.2. The van der Waals surface area contributed by atoms with E-state index >= 15 is 0 Å². The Morgan fingerprint density at radius 3 is 2.79 bits per heavy atom. The summed E-state index contributed by atoms with van der Waals surface area (Å²) >= 11 is 3.29. The van der Waals surface area contributed by atoms with Crippen molar-refractivity contribution in [3.63, 3.8) is 0 Å². The van der Waals surface area contributed by atoms with Gasteiger partial charge in [-0.25, -0.2) is 9.78 Å². The van der Waals surface area contributed by atoms with Crippen LogP contribution < -0.4 is 0 Å². The molecule has 0 atom stereocenters. The zero-order valence-corrected chi connectivity index (χ0v) is 11.8. The van der Waals surface area contributed by atoms with Gasteiger partial charge in [0.15, 0.2) is 0 Å². The highest BCUT2D eigenvalue weighted by molar-refractivity contribution is 7.25. The fourth-order valence-electron chi connectivity index (χ4n) is 1.85. The molecule has 0 bridgehead atoms. The first-order chi connectivity index (χ1) is 9.17. The molecular formula is C14H11NO2S2. The molecule has 0 spiro atoms. The van der Waals surface area contributed by atoms with E-state index in [-0.39, 0.29) is 0 Å². The molecule has 0 fully saturated rings. The van der Waals surface area contributed by atoms with Crippen LogP contribution in [0.5, 0.6) is 0 Å². The molecule has 0 saturated carbocycles. The summed E-state index contributed by atoms with van der Waals surface area (Å²) in [5, 5.41) is 9.95. The van der Waals surface area contributed by atoms with Crippen molar-refractivity contribution in [2.75, 3.05) is 0 Å². The number of thiazole rings is 1. The molecule has 1 aromatic carbocycles. The van der Waals surface area contributed by atoms with Crippen molar-refractivity contribution >= 4 is 38.9 Å². The Labute approximate surface area is 118 Å². The summed E-state index contributed by atoms with van der Waals surface area (Å²) in [6.45, 7) is 2.13. The average molecular weight is 289 g/mol. The molecule has 2 aromatic heterocycles. The van der Waals surface area contributed by atoms with Crippen LogP contribution in [0.4, 0.5) is 0 Å². The van der Waals surface area contributed by atoms with Gasteiger partial charge < -0.3 is 5.11 Å². The van der Waals surface area contributed by atoms with Gasteiger partial charge in [-0.05, 0) is 36.8 Å². The monoisotopic (exact) mass is 289 g/mol. The minimum atomic E-state index is -0.902. The van der Waals surface area contributed by atoms with Crippen molar-refractivity contribution in [3.8, 4) is 9.88 Å². The summed E-state index contributed by atoms with van der Waals surface area (Å²) < 4.78 is 0.918. The molecule has 0 saturated heterocycles. The van der Waals surface area contributed by atoms with E-state index in [4.69, 9.17) is 5.11 Å². The topological polar surface area (TPSA) is 50.2 Å². The third kappa shape index (κ3) is 2.27. The molecule has 0 aliphatic heterocycles. The summed E-state index contributed by atoms with van der Waals surface area (Å²) in [6.07, 6.45) is 1.03. The van der Waals surface area contributed by atoms with Crippen LogP contribution in [0.15, 0.2) is 30.3 Å². The fourth-order valence-corrected chi connectivity index (χ4v) is 3.85. The second-order valence-electron chi connectivity index (χ2n) is 4.13. The number of fused-ring (bicyclic) bond motifs is 1. The lowest BCUT2D eigenvalue weighted by Gasteiger charge is -1.91. The van der Waals surface area contributed by atoms with Gasteiger partial charge in [-0.3, -0.25) is 0 Å². The molecule has 3 nitrogen and oxygen atoms in total. The van der Waals surface area contributed by atoms with Crippen molar-refractivity contribution in [2.45, 2.75) is 13.3 Å². The van der Waals surface area contributed by atoms with Gasteiger partial charge in [0.1, 0.15) is 5.01 Å². The number of hydrogen-bond donors (Lipinski definition) is 1. The summed E-state index contributed by atoms with van der Waals surface area (Å²) in [6, 6.07) is 9.26. The Kier molecular flexibility index (Phi) is 3.08. The number of carboxylic acids is 1. The van der Waals surface area contributed by atoms with Crippen LogP contribution in [-0.2, 0) is 6.42 Å². The minimum absolute atomic E-state index is 0.308. The summed E-state index contributed by atoms with van der Waals surface area (Å²) in [4.78, 5) is 18.0. The molecule has 0 unspecified atom stereocenters. The average Bonchev–Trinajstić information content (AvgIpc) is 3.03. The van der Waals surface area contributed by atoms with E-state index in [1.165, 1.54) is 4.88 Å². The lowest BCUT2D eigenvalue weighted by Crippen LogP contribution is -1.94. The van der Waals surface area contributed by atoms with Crippen LogP contribution in [0.25, 0.3) is 20.1 Å². The molecule has 1 N–H and O–H groups in total. The molecule has 96 valence electrons. The normalized spacial score (nSPS) is 11.0. The first-order valence-electron chi connectivity index (χ1n) is 5.90. The number of aromatic nitrogens is 1. The van der Waals surface area contributed by atoms with Gasteiger partial charge in [0.2, 0.25) is 0 Å². The number of thiophene rings is 1. The number of carboxylic acid groups (broad SMARTS) is 1. The van der Waals surface area contributed by atoms with Crippen LogP contribution in [0, 0.1) is 0 Å². The van der Waals surface area contributed by atoms with E-state index in [2.05, 4.69) is 24.0 Å². The van der Waals surface area contributed by atoms with E-state index in [0.29, 0.717) is 5.56 Å². The maximum Gasteiger partial charge on any atom is 0.335 e. The SMILES string of the molecule is CCc1ccc(-c2nc3ccc(C(=O)O)cc3s2)s1. The minimum Gasteiger partial charge on any atom is -0.478 e. The molecule has 2 heterocycles. The first kappa shape index (κ1) is 12.3. The third-order valence-corrected chi connectivity index (χ3v) is 5.27. The maximum absolute atomic E-state index is 10.9. The van der Waals surface area contributed by atoms with E-state index in [1.807, 2.05) is 0 Å². The lowest BCUT2D eigenvalue weighted by atomic mass is 10.2. The Balaban J connectivity index is 2.08. The highest BCUT2D eigenvalue weighted by atomic mass is 32.1. The number of carbonyl (C=O) groups is 1. The van der Waals surface area contributed by atoms with Gasteiger partial charge in [-0.2, -0.15) is 0 Å². The number of hydrogen-bond acceptors (Lipinski definition) is 4. The van der Waals surface area contributed by atoms with Crippen molar-refractivity contribution in [3.05, 3.63) is 40.8 Å². The van der Waals surface area contributed by atoms with Crippen LogP contribution in [-0.4, -0.2) is 16.1 Å². The number of nitrogens with zero attached hydrogens (tertiary/aromatic N) is 1. The van der Waals surface area contributed by atoms with E-state index in [1.54, 1.807) is 40.9 Å². The van der Waals surface area contributed by atoms with Crippen molar-refractivity contribution in [1.29, 1.82) is 0 Å². The fraction of sp³-hybridized carbons (Fsp3) is 0.143. The maximum atomic E-state index is 10.9. The standard InChI is InChI=1S/C14H11NO2S2/c1-2-9-4-6-11(18-9)13-15-10-5-3-8(14(16)17)7-12(10)19-13/h3-7H,2H2,1H3,(H,16,17). The number of benzene rings is 1. The van der Waals surface area contributed by atoms with Crippen molar-refractivity contribution in [1.82, 2.24) is 4.98 Å². The van der Waals surface area contributed by atoms with Gasteiger partial charge in [0.25, 0.3) is 0 Å². The van der Waals surface area contributed by atoms with Gasteiger partial charge in [-0.15, -0.1) is 22.7 Å². The molecule has 0 aliphatic carbocycles. The first-order valence-corrected chi connectivity index (χ1v) is 7.53. The third-order valence-electron chi connectivity index (χ3n) is 2.86. The van der Waals surface area contributed by atoms with Crippen LogP contribution in [0.1, 0.15) is 22.2 Å². The van der Waals surface area contributed by atoms with Crippen LogP contribution >= 0.6 is 22.7 Å². The smallest absolute Gasteiger partial charge is 0.335 e. The molecule has 0 aliphatic rings. The van der Waals surface area contributed by atoms with Gasteiger partial charge in [0, 0.05) is 4.88 Å². The summed E-state index contributed by atoms with van der Waals surface area (Å²) in [5.74, 6) is -0.902. The molecule has 0 radical (unpaired) electrons. The predicted molar refractivity (Wildman–Crippen MR) is 79.3 cm³/mol. The van der Waals surface area contributed by atoms with Crippen LogP contribution in [0.2, 0.25) is 0 Å². The number of rotatable bonds is 3. The largest absolute Gasteiger partial charge is 0.478 e. The van der Waals surface area contributed by atoms with E-state index < -0.39 is 5.97 Å². The van der Waals surface area contributed by atoms with Gasteiger partial charge >= 0.3 is 5.97 Å². The highest BCUT2D eigenvalue weighted by Gasteiger charge is 2.11. The molecule has 3 aromatic rings. The van der Waals surface area contributed by atoms with E-state index in [0.717, 1.165) is 26.5 Å². The molecule has 5 heteroatoms. The summed E-state index contributed by atoms with van der Waals surface area (Å²) in [5.41, 5.74) is 1.17. The van der Waals surface area contributed by atoms with Gasteiger partial charge in [-0.1, -0.05) is 6.92 Å². The van der Waals surface area contributed by atoms with Crippen LogP contribution in [0.3, 0.4) is 0 Å². The molecular weight excluding hydrogens is 278 g/mol. The Morgan fingerprint density at radius 1 is 1.26 bits per heavy atom. The second-order valence-corrected chi connectivity index (χ2v) is 6.33. The highest BCUT2D eigenvalue weighted by Crippen LogP contribution is 2.34. The Hall–Kier alpha value is -1.72. The lowest BCUT2D eigenvalue weighted by molar-refractivity contribution is 0.0697. The number of aryl methyl sites for hydroxylation is 1. The Bertz CT molecular complexity index is 758. The second kappa shape index (κ2) is 4.75. The molecule has 19 heavy (non-hydrogen) atoms.